The standard InChI is InChI=1S/C14H13Cl2N3O5S/c15-9-2-1-3-10(16)14(9)13(20)7-18-11-5-4-8(25(17,23)24)6-12(11)19(21)22/h1-6,13,18,20H,7H2,(H2,17,23,24). The normalized spacial score (nSPS) is 12.6. The number of anilines is 1. The first-order valence-electron chi connectivity index (χ1n) is 6.78. The van der Waals surface area contributed by atoms with Crippen LogP contribution in [0.3, 0.4) is 0 Å². The molecule has 0 fully saturated rings. The Kier molecular flexibility index (Phi) is 5.86. The molecule has 0 amide bonds. The van der Waals surface area contributed by atoms with Crippen LogP contribution in [0.2, 0.25) is 10.0 Å². The number of aliphatic hydroxyl groups is 1. The summed E-state index contributed by atoms with van der Waals surface area (Å²) in [4.78, 5) is 10.0. The zero-order valence-electron chi connectivity index (χ0n) is 12.5. The molecule has 2 aromatic rings. The van der Waals surface area contributed by atoms with Crippen LogP contribution < -0.4 is 10.5 Å². The zero-order valence-corrected chi connectivity index (χ0v) is 14.8. The maximum Gasteiger partial charge on any atom is 0.293 e. The predicted octanol–water partition coefficient (Wildman–Crippen LogP) is 2.69. The molecule has 2 aromatic carbocycles. The first-order chi connectivity index (χ1) is 11.6. The van der Waals surface area contributed by atoms with Gasteiger partial charge in [-0.15, -0.1) is 0 Å². The van der Waals surface area contributed by atoms with Gasteiger partial charge in [-0.1, -0.05) is 29.3 Å². The molecule has 0 saturated carbocycles. The second kappa shape index (κ2) is 7.54. The second-order valence-electron chi connectivity index (χ2n) is 5.01. The highest BCUT2D eigenvalue weighted by Gasteiger charge is 2.21. The molecule has 0 heterocycles. The van der Waals surface area contributed by atoms with Crippen molar-refractivity contribution in [2.45, 2.75) is 11.0 Å². The Balaban J connectivity index is 2.27. The van der Waals surface area contributed by atoms with Gasteiger partial charge in [-0.3, -0.25) is 10.1 Å². The minimum atomic E-state index is -4.08. The lowest BCUT2D eigenvalue weighted by Gasteiger charge is -2.16. The lowest BCUT2D eigenvalue weighted by atomic mass is 10.1. The largest absolute Gasteiger partial charge is 0.386 e. The summed E-state index contributed by atoms with van der Waals surface area (Å²) in [7, 11) is -4.08. The van der Waals surface area contributed by atoms with Crippen LogP contribution >= 0.6 is 23.2 Å². The Morgan fingerprint density at radius 3 is 2.36 bits per heavy atom. The molecular formula is C14H13Cl2N3O5S. The highest BCUT2D eigenvalue weighted by molar-refractivity contribution is 7.89. The molecule has 11 heteroatoms. The number of nitro benzene ring substituents is 1. The molecule has 4 N–H and O–H groups in total. The summed E-state index contributed by atoms with van der Waals surface area (Å²) in [6.07, 6.45) is -1.14. The first-order valence-corrected chi connectivity index (χ1v) is 9.08. The molecular weight excluding hydrogens is 393 g/mol. The Morgan fingerprint density at radius 1 is 1.24 bits per heavy atom. The van der Waals surface area contributed by atoms with Gasteiger partial charge in [0.2, 0.25) is 10.0 Å². The molecule has 0 saturated heterocycles. The molecule has 1 atom stereocenters. The number of sulfonamides is 1. The van der Waals surface area contributed by atoms with E-state index in [4.69, 9.17) is 28.3 Å². The lowest BCUT2D eigenvalue weighted by molar-refractivity contribution is -0.384. The molecule has 25 heavy (non-hydrogen) atoms. The van der Waals surface area contributed by atoms with Gasteiger partial charge in [-0.25, -0.2) is 13.6 Å². The van der Waals surface area contributed by atoms with Crippen LogP contribution in [0.5, 0.6) is 0 Å². The van der Waals surface area contributed by atoms with E-state index in [2.05, 4.69) is 5.32 Å². The van der Waals surface area contributed by atoms with Gasteiger partial charge in [0, 0.05) is 28.2 Å². The number of hydrogen-bond acceptors (Lipinski definition) is 6. The number of nitrogens with zero attached hydrogens (tertiary/aromatic N) is 1. The average molecular weight is 406 g/mol. The quantitative estimate of drug-likeness (QED) is 0.499. The monoisotopic (exact) mass is 405 g/mol. The summed E-state index contributed by atoms with van der Waals surface area (Å²) in [6.45, 7) is -0.140. The van der Waals surface area contributed by atoms with E-state index in [-0.39, 0.29) is 32.7 Å². The van der Waals surface area contributed by atoms with E-state index >= 15 is 0 Å². The lowest BCUT2D eigenvalue weighted by Crippen LogP contribution is -2.15. The number of hydrogen-bond donors (Lipinski definition) is 3. The van der Waals surface area contributed by atoms with Gasteiger partial charge < -0.3 is 10.4 Å². The molecule has 0 aliphatic rings. The third kappa shape index (κ3) is 4.59. The number of aliphatic hydroxyl groups excluding tert-OH is 1. The Morgan fingerprint density at radius 2 is 1.84 bits per heavy atom. The number of rotatable bonds is 6. The van der Waals surface area contributed by atoms with Crippen LogP contribution in [0.4, 0.5) is 11.4 Å². The van der Waals surface area contributed by atoms with E-state index in [9.17, 15) is 23.6 Å². The number of nitrogens with two attached hydrogens (primary N) is 1. The molecule has 0 aliphatic carbocycles. The van der Waals surface area contributed by atoms with Crippen molar-refractivity contribution in [2.24, 2.45) is 5.14 Å². The summed E-state index contributed by atoms with van der Waals surface area (Å²) in [5, 5.41) is 29.5. The van der Waals surface area contributed by atoms with Crippen molar-refractivity contribution in [3.63, 3.8) is 0 Å². The summed E-state index contributed by atoms with van der Waals surface area (Å²) < 4.78 is 22.6. The smallest absolute Gasteiger partial charge is 0.293 e. The van der Waals surface area contributed by atoms with E-state index in [0.717, 1.165) is 12.1 Å². The Bertz CT molecular complexity index is 900. The summed E-state index contributed by atoms with van der Waals surface area (Å²) in [5.74, 6) is 0. The Hall–Kier alpha value is -1.91. The second-order valence-corrected chi connectivity index (χ2v) is 7.39. The topological polar surface area (TPSA) is 136 Å². The SMILES string of the molecule is NS(=O)(=O)c1ccc(NCC(O)c2c(Cl)cccc2Cl)c([N+](=O)[O-])c1. The van der Waals surface area contributed by atoms with Crippen LogP contribution in [0.25, 0.3) is 0 Å². The molecule has 0 radical (unpaired) electrons. The van der Waals surface area contributed by atoms with Gasteiger partial charge in [0.25, 0.3) is 5.69 Å². The number of nitrogens with one attached hydrogen (secondary N) is 1. The fraction of sp³-hybridized carbons (Fsp3) is 0.143. The molecule has 0 aliphatic heterocycles. The van der Waals surface area contributed by atoms with Gasteiger partial charge in [0.15, 0.2) is 0 Å². The summed E-state index contributed by atoms with van der Waals surface area (Å²) >= 11 is 12.0. The molecule has 0 bridgehead atoms. The molecule has 0 spiro atoms. The van der Waals surface area contributed by atoms with Crippen LogP contribution in [0.1, 0.15) is 11.7 Å². The van der Waals surface area contributed by atoms with E-state index in [1.807, 2.05) is 0 Å². The molecule has 2 rings (SSSR count). The number of nitro groups is 1. The third-order valence-corrected chi connectivity index (χ3v) is 4.88. The van der Waals surface area contributed by atoms with E-state index in [1.165, 1.54) is 6.07 Å². The number of primary sulfonamides is 1. The Labute approximate surface area is 153 Å². The van der Waals surface area contributed by atoms with E-state index < -0.39 is 26.7 Å². The molecule has 0 aromatic heterocycles. The fourth-order valence-corrected chi connectivity index (χ4v) is 3.31. The van der Waals surface area contributed by atoms with Gasteiger partial charge in [0.05, 0.1) is 15.9 Å². The van der Waals surface area contributed by atoms with E-state index in [1.54, 1.807) is 18.2 Å². The highest BCUT2D eigenvalue weighted by Crippen LogP contribution is 2.32. The fourth-order valence-electron chi connectivity index (χ4n) is 2.13. The summed E-state index contributed by atoms with van der Waals surface area (Å²) in [6, 6.07) is 7.88. The molecule has 1 unspecified atom stereocenters. The molecule has 134 valence electrons. The van der Waals surface area contributed by atoms with Crippen LogP contribution in [0.15, 0.2) is 41.3 Å². The maximum absolute atomic E-state index is 11.3. The van der Waals surface area contributed by atoms with Crippen molar-refractivity contribution >= 4 is 44.6 Å². The summed E-state index contributed by atoms with van der Waals surface area (Å²) in [5.41, 5.74) is -0.203. The van der Waals surface area contributed by atoms with Crippen molar-refractivity contribution in [1.82, 2.24) is 0 Å². The van der Waals surface area contributed by atoms with Crippen molar-refractivity contribution in [3.05, 3.63) is 62.1 Å². The van der Waals surface area contributed by atoms with E-state index in [0.29, 0.717) is 0 Å². The average Bonchev–Trinajstić information content (AvgIpc) is 2.51. The highest BCUT2D eigenvalue weighted by atomic mass is 35.5. The van der Waals surface area contributed by atoms with Crippen molar-refractivity contribution < 1.29 is 18.4 Å². The van der Waals surface area contributed by atoms with Crippen molar-refractivity contribution in [3.8, 4) is 0 Å². The number of halogens is 2. The van der Waals surface area contributed by atoms with Crippen molar-refractivity contribution in [1.29, 1.82) is 0 Å². The molecule has 8 nitrogen and oxygen atoms in total. The van der Waals surface area contributed by atoms with Gasteiger partial charge in [-0.2, -0.15) is 0 Å². The first kappa shape index (κ1) is 19.4. The van der Waals surface area contributed by atoms with Crippen LogP contribution in [-0.2, 0) is 10.0 Å². The number of benzene rings is 2. The van der Waals surface area contributed by atoms with Gasteiger partial charge in [-0.05, 0) is 24.3 Å². The minimum Gasteiger partial charge on any atom is -0.386 e. The van der Waals surface area contributed by atoms with Crippen molar-refractivity contribution in [2.75, 3.05) is 11.9 Å². The van der Waals surface area contributed by atoms with Gasteiger partial charge >= 0.3 is 0 Å². The zero-order chi connectivity index (χ0) is 18.8. The minimum absolute atomic E-state index is 0.0135. The van der Waals surface area contributed by atoms with Gasteiger partial charge in [0.1, 0.15) is 5.69 Å². The maximum atomic E-state index is 11.3. The van der Waals surface area contributed by atoms with Crippen LogP contribution in [-0.4, -0.2) is 25.0 Å². The predicted molar refractivity (Wildman–Crippen MR) is 94.4 cm³/mol. The third-order valence-electron chi connectivity index (χ3n) is 3.31. The van der Waals surface area contributed by atoms with Crippen LogP contribution in [0, 0.1) is 10.1 Å².